The second kappa shape index (κ2) is 7.56. The fourth-order valence-electron chi connectivity index (χ4n) is 3.77. The predicted octanol–water partition coefficient (Wildman–Crippen LogP) is 2.58. The minimum absolute atomic E-state index is 0.166. The molecule has 0 aliphatic carbocycles. The third-order valence-corrected chi connectivity index (χ3v) is 5.24. The molecule has 0 unspecified atom stereocenters. The Labute approximate surface area is 178 Å². The van der Waals surface area contributed by atoms with Crippen molar-refractivity contribution >= 4 is 34.9 Å². The van der Waals surface area contributed by atoms with Crippen LogP contribution in [0.1, 0.15) is 23.6 Å². The monoisotopic (exact) mass is 410 g/mol. The Morgan fingerprint density at radius 2 is 1.29 bits per heavy atom. The van der Waals surface area contributed by atoms with Gasteiger partial charge in [0.15, 0.2) is 11.4 Å². The highest BCUT2D eigenvalue weighted by Gasteiger charge is 2.37. The smallest absolute Gasteiger partial charge is 0.281 e. The Hall–Kier alpha value is -4.20. The van der Waals surface area contributed by atoms with Crippen LogP contribution in [0, 0.1) is 0 Å². The Bertz CT molecular complexity index is 1250. The van der Waals surface area contributed by atoms with Crippen LogP contribution in [0.2, 0.25) is 0 Å². The maximum atomic E-state index is 13.2. The molecule has 2 aliphatic heterocycles. The van der Waals surface area contributed by atoms with Gasteiger partial charge < -0.3 is 0 Å². The number of hydrogen-bond donors (Lipinski definition) is 0. The second-order valence-electron chi connectivity index (χ2n) is 7.07. The Balaban J connectivity index is 1.55. The van der Waals surface area contributed by atoms with Crippen molar-refractivity contribution in [1.29, 1.82) is 0 Å². The molecule has 0 fully saturated rings. The summed E-state index contributed by atoms with van der Waals surface area (Å²) in [5.74, 6) is 0.509. The Kier molecular flexibility index (Phi) is 4.59. The zero-order chi connectivity index (χ0) is 21.4. The number of anilines is 2. The average Bonchev–Trinajstić information content (AvgIpc) is 3.23. The molecule has 0 saturated heterocycles. The first kappa shape index (κ1) is 18.8. The molecule has 0 saturated carbocycles. The van der Waals surface area contributed by atoms with Gasteiger partial charge in [0.25, 0.3) is 11.8 Å². The van der Waals surface area contributed by atoms with Crippen LogP contribution in [0.15, 0.2) is 77.2 Å². The van der Waals surface area contributed by atoms with Crippen molar-refractivity contribution in [1.82, 2.24) is 9.97 Å². The highest BCUT2D eigenvalue weighted by Crippen LogP contribution is 2.30. The summed E-state index contributed by atoms with van der Waals surface area (Å²) in [4.78, 5) is 37.8. The number of pyridine rings is 2. The number of carbonyl (C=O) groups is 2. The molecule has 5 rings (SSSR count). The number of aromatic nitrogens is 2. The van der Waals surface area contributed by atoms with Crippen LogP contribution >= 0.6 is 0 Å². The van der Waals surface area contributed by atoms with Crippen LogP contribution in [0.4, 0.5) is 11.6 Å². The summed E-state index contributed by atoms with van der Waals surface area (Å²) in [6.45, 7) is 2.71. The molecule has 31 heavy (non-hydrogen) atoms. The molecule has 2 aromatic heterocycles. The molecule has 2 amide bonds. The summed E-state index contributed by atoms with van der Waals surface area (Å²) < 4.78 is 0. The molecular weight excluding hydrogens is 392 g/mol. The molecule has 3 aromatic rings. The van der Waals surface area contributed by atoms with Gasteiger partial charge in [-0.2, -0.15) is 0 Å². The molecule has 0 N–H and O–H groups in total. The summed E-state index contributed by atoms with van der Waals surface area (Å²) in [5, 5.41) is 8.45. The number of hydrogen-bond acceptors (Lipinski definition) is 6. The second-order valence-corrected chi connectivity index (χ2v) is 7.07. The zero-order valence-corrected chi connectivity index (χ0v) is 16.8. The third-order valence-electron chi connectivity index (χ3n) is 5.24. The Morgan fingerprint density at radius 1 is 0.742 bits per heavy atom. The maximum Gasteiger partial charge on any atom is 0.281 e. The minimum atomic E-state index is -0.300. The van der Waals surface area contributed by atoms with Crippen LogP contribution in [0.25, 0.3) is 0 Å². The highest BCUT2D eigenvalue weighted by molar-refractivity contribution is 6.55. The molecule has 1 aromatic carbocycles. The molecule has 0 radical (unpaired) electrons. The highest BCUT2D eigenvalue weighted by atomic mass is 16.2. The quantitative estimate of drug-likeness (QED) is 0.618. The zero-order valence-electron chi connectivity index (χ0n) is 16.8. The lowest BCUT2D eigenvalue weighted by Gasteiger charge is -2.15. The summed E-state index contributed by atoms with van der Waals surface area (Å²) in [6, 6.07) is 16.7. The van der Waals surface area contributed by atoms with Crippen LogP contribution in [0.3, 0.4) is 0 Å². The van der Waals surface area contributed by atoms with Gasteiger partial charge in [0.05, 0.1) is 17.7 Å². The van der Waals surface area contributed by atoms with E-state index in [4.69, 9.17) is 0 Å². The number of fused-ring (bicyclic) bond motifs is 2. The van der Waals surface area contributed by atoms with E-state index in [2.05, 4.69) is 20.2 Å². The first-order chi connectivity index (χ1) is 15.2. The SMILES string of the molecule is CCN1C(=O)/C(=N\N=C2/C(=O)N(Cc3ccccc3)c3ncccc32)c2cccnc21. The normalized spacial score (nSPS) is 17.6. The van der Waals surface area contributed by atoms with Gasteiger partial charge in [0.1, 0.15) is 11.6 Å². The van der Waals surface area contributed by atoms with Gasteiger partial charge in [-0.15, -0.1) is 10.2 Å². The molecular formula is C23H18N6O2. The van der Waals surface area contributed by atoms with E-state index < -0.39 is 0 Å². The summed E-state index contributed by atoms with van der Waals surface area (Å²) >= 11 is 0. The molecule has 4 heterocycles. The topological polar surface area (TPSA) is 91.1 Å². The number of amides is 2. The van der Waals surface area contributed by atoms with Crippen molar-refractivity contribution in [3.8, 4) is 0 Å². The molecule has 8 nitrogen and oxygen atoms in total. The van der Waals surface area contributed by atoms with E-state index in [0.717, 1.165) is 5.56 Å². The first-order valence-electron chi connectivity index (χ1n) is 9.93. The number of nitrogens with zero attached hydrogens (tertiary/aromatic N) is 6. The number of rotatable bonds is 4. The van der Waals surface area contributed by atoms with Crippen molar-refractivity contribution < 1.29 is 9.59 Å². The minimum Gasteiger partial charge on any atom is -0.291 e. The standard InChI is InChI=1S/C23H18N6O2/c1-2-28-20-16(10-6-12-24-20)18(22(28)30)26-27-19-17-11-7-13-25-21(17)29(23(19)31)14-15-8-4-3-5-9-15/h3-13H,2,14H2,1H3/b26-18-,27-19-. The summed E-state index contributed by atoms with van der Waals surface area (Å²) in [6.07, 6.45) is 3.27. The lowest BCUT2D eigenvalue weighted by Crippen LogP contribution is -2.31. The van der Waals surface area contributed by atoms with Crippen molar-refractivity contribution in [3.63, 3.8) is 0 Å². The molecule has 8 heteroatoms. The first-order valence-corrected chi connectivity index (χ1v) is 9.93. The van der Waals surface area contributed by atoms with E-state index >= 15 is 0 Å². The van der Waals surface area contributed by atoms with Gasteiger partial charge >= 0.3 is 0 Å². The predicted molar refractivity (Wildman–Crippen MR) is 117 cm³/mol. The molecule has 0 spiro atoms. The van der Waals surface area contributed by atoms with E-state index in [0.29, 0.717) is 35.9 Å². The van der Waals surface area contributed by atoms with Crippen molar-refractivity contribution in [2.24, 2.45) is 10.2 Å². The fraction of sp³-hybridized carbons (Fsp3) is 0.130. The molecule has 0 atom stereocenters. The molecule has 2 aliphatic rings. The van der Waals surface area contributed by atoms with Gasteiger partial charge in [-0.25, -0.2) is 9.97 Å². The third kappa shape index (κ3) is 3.09. The largest absolute Gasteiger partial charge is 0.291 e. The number of likely N-dealkylation sites (N-methyl/N-ethyl adjacent to an activating group) is 1. The van der Waals surface area contributed by atoms with Gasteiger partial charge in [0, 0.05) is 18.9 Å². The van der Waals surface area contributed by atoms with Crippen molar-refractivity contribution in [2.45, 2.75) is 13.5 Å². The van der Waals surface area contributed by atoms with Gasteiger partial charge in [-0.1, -0.05) is 30.3 Å². The van der Waals surface area contributed by atoms with E-state index in [1.54, 1.807) is 46.5 Å². The average molecular weight is 410 g/mol. The van der Waals surface area contributed by atoms with E-state index in [-0.39, 0.29) is 23.2 Å². The van der Waals surface area contributed by atoms with Gasteiger partial charge in [-0.3, -0.25) is 19.4 Å². The van der Waals surface area contributed by atoms with Crippen LogP contribution in [0.5, 0.6) is 0 Å². The maximum absolute atomic E-state index is 13.2. The summed E-state index contributed by atoms with van der Waals surface area (Å²) in [7, 11) is 0. The van der Waals surface area contributed by atoms with Gasteiger partial charge in [0.2, 0.25) is 0 Å². The van der Waals surface area contributed by atoms with Gasteiger partial charge in [-0.05, 0) is 36.8 Å². The lowest BCUT2D eigenvalue weighted by atomic mass is 10.2. The summed E-state index contributed by atoms with van der Waals surface area (Å²) in [5.41, 5.74) is 2.52. The molecule has 152 valence electrons. The van der Waals surface area contributed by atoms with Crippen molar-refractivity contribution in [3.05, 3.63) is 83.7 Å². The van der Waals surface area contributed by atoms with E-state index in [1.807, 2.05) is 37.3 Å². The van der Waals surface area contributed by atoms with E-state index in [9.17, 15) is 9.59 Å². The van der Waals surface area contributed by atoms with Crippen molar-refractivity contribution in [2.75, 3.05) is 16.3 Å². The molecule has 0 bridgehead atoms. The Morgan fingerprint density at radius 3 is 1.87 bits per heavy atom. The fourth-order valence-corrected chi connectivity index (χ4v) is 3.77. The van der Waals surface area contributed by atoms with E-state index in [1.165, 1.54) is 0 Å². The van der Waals surface area contributed by atoms with Crippen LogP contribution in [-0.2, 0) is 16.1 Å². The lowest BCUT2D eigenvalue weighted by molar-refractivity contribution is -0.113. The number of benzene rings is 1. The number of carbonyl (C=O) groups excluding carboxylic acids is 2. The van der Waals surface area contributed by atoms with Crippen LogP contribution < -0.4 is 9.80 Å². The van der Waals surface area contributed by atoms with Crippen LogP contribution in [-0.4, -0.2) is 39.8 Å².